The van der Waals surface area contributed by atoms with Gasteiger partial charge in [0, 0.05) is 6.54 Å². The number of hydrogen-bond acceptors (Lipinski definition) is 3. The van der Waals surface area contributed by atoms with Gasteiger partial charge in [0.25, 0.3) is 5.91 Å². The van der Waals surface area contributed by atoms with Gasteiger partial charge in [0.1, 0.15) is 10.6 Å². The minimum Gasteiger partial charge on any atom is -0.495 e. The van der Waals surface area contributed by atoms with Gasteiger partial charge in [-0.25, -0.2) is 0 Å². The van der Waals surface area contributed by atoms with Gasteiger partial charge in [0.2, 0.25) is 0 Å². The first-order chi connectivity index (χ1) is 7.74. The number of methoxy groups -OCH3 is 1. The van der Waals surface area contributed by atoms with Crippen LogP contribution in [0.5, 0.6) is 5.75 Å². The Bertz CT molecular complexity index is 392. The van der Waals surface area contributed by atoms with Crippen LogP contribution in [-0.2, 0) is 0 Å². The van der Waals surface area contributed by atoms with Crippen LogP contribution in [0.25, 0.3) is 0 Å². The molecule has 86 valence electrons. The standard InChI is InChI=1S/C12H15NO2S/c1-4-7-13(8-5-2)12(14)11-10(15-3)6-9-16-11/h1,6,9H,5,7-8H2,2-3H3. The van der Waals surface area contributed by atoms with Gasteiger partial charge in [-0.3, -0.25) is 4.79 Å². The van der Waals surface area contributed by atoms with Crippen LogP contribution < -0.4 is 4.74 Å². The molecule has 0 aliphatic heterocycles. The molecule has 1 aromatic rings. The first kappa shape index (κ1) is 12.6. The maximum Gasteiger partial charge on any atom is 0.268 e. The van der Waals surface area contributed by atoms with Crippen molar-refractivity contribution < 1.29 is 9.53 Å². The van der Waals surface area contributed by atoms with Gasteiger partial charge in [0.15, 0.2) is 0 Å². The Labute approximate surface area is 100 Å². The van der Waals surface area contributed by atoms with Gasteiger partial charge in [0.05, 0.1) is 13.7 Å². The summed E-state index contributed by atoms with van der Waals surface area (Å²) in [4.78, 5) is 14.4. The molecule has 16 heavy (non-hydrogen) atoms. The lowest BCUT2D eigenvalue weighted by atomic mass is 10.3. The van der Waals surface area contributed by atoms with Crippen molar-refractivity contribution in [2.45, 2.75) is 13.3 Å². The number of carbonyl (C=O) groups is 1. The summed E-state index contributed by atoms with van der Waals surface area (Å²) in [6, 6.07) is 1.79. The Kier molecular flexibility index (Phi) is 4.87. The second-order valence-corrected chi connectivity index (χ2v) is 4.17. The van der Waals surface area contributed by atoms with Crippen molar-refractivity contribution in [2.75, 3.05) is 20.2 Å². The summed E-state index contributed by atoms with van der Waals surface area (Å²) < 4.78 is 5.12. The fourth-order valence-corrected chi connectivity index (χ4v) is 2.22. The molecule has 0 saturated carbocycles. The monoisotopic (exact) mass is 237 g/mol. The summed E-state index contributed by atoms with van der Waals surface area (Å²) >= 11 is 1.38. The Morgan fingerprint density at radius 2 is 2.44 bits per heavy atom. The van der Waals surface area contributed by atoms with E-state index in [0.29, 0.717) is 23.7 Å². The summed E-state index contributed by atoms with van der Waals surface area (Å²) in [6.07, 6.45) is 6.14. The molecule has 0 aliphatic carbocycles. The van der Waals surface area contributed by atoms with E-state index in [-0.39, 0.29) is 5.91 Å². The Balaban J connectivity index is 2.86. The van der Waals surface area contributed by atoms with E-state index in [2.05, 4.69) is 5.92 Å². The fraction of sp³-hybridized carbons (Fsp3) is 0.417. The average Bonchev–Trinajstić information content (AvgIpc) is 2.75. The fourth-order valence-electron chi connectivity index (χ4n) is 1.39. The zero-order valence-electron chi connectivity index (χ0n) is 9.53. The predicted molar refractivity (Wildman–Crippen MR) is 65.9 cm³/mol. The van der Waals surface area contributed by atoms with Gasteiger partial charge >= 0.3 is 0 Å². The van der Waals surface area contributed by atoms with E-state index >= 15 is 0 Å². The summed E-state index contributed by atoms with van der Waals surface area (Å²) in [5.41, 5.74) is 0. The number of rotatable bonds is 5. The molecule has 0 N–H and O–H groups in total. The van der Waals surface area contributed by atoms with Crippen molar-refractivity contribution in [3.05, 3.63) is 16.3 Å². The molecule has 1 rings (SSSR count). The highest BCUT2D eigenvalue weighted by atomic mass is 32.1. The molecule has 0 aromatic carbocycles. The summed E-state index contributed by atoms with van der Waals surface area (Å²) in [5.74, 6) is 3.07. The van der Waals surface area contributed by atoms with Crippen LogP contribution in [-0.4, -0.2) is 31.0 Å². The van der Waals surface area contributed by atoms with Crippen LogP contribution in [0, 0.1) is 12.3 Å². The minimum atomic E-state index is -0.0494. The van der Waals surface area contributed by atoms with Crippen LogP contribution in [0.3, 0.4) is 0 Å². The summed E-state index contributed by atoms with van der Waals surface area (Å²) in [5, 5.41) is 1.84. The third kappa shape index (κ3) is 2.77. The van der Waals surface area contributed by atoms with E-state index < -0.39 is 0 Å². The zero-order chi connectivity index (χ0) is 12.0. The van der Waals surface area contributed by atoms with Crippen LogP contribution in [0.1, 0.15) is 23.0 Å². The highest BCUT2D eigenvalue weighted by molar-refractivity contribution is 7.12. The molecule has 4 heteroatoms. The molecule has 0 fully saturated rings. The van der Waals surface area contributed by atoms with Gasteiger partial charge in [-0.05, 0) is 17.9 Å². The number of carbonyl (C=O) groups excluding carboxylic acids is 1. The van der Waals surface area contributed by atoms with Gasteiger partial charge < -0.3 is 9.64 Å². The highest BCUT2D eigenvalue weighted by Crippen LogP contribution is 2.25. The molecular weight excluding hydrogens is 222 g/mol. The van der Waals surface area contributed by atoms with Crippen LogP contribution in [0.4, 0.5) is 0 Å². The first-order valence-electron chi connectivity index (χ1n) is 5.08. The third-order valence-electron chi connectivity index (χ3n) is 2.11. The summed E-state index contributed by atoms with van der Waals surface area (Å²) in [6.45, 7) is 3.03. The van der Waals surface area contributed by atoms with E-state index in [1.165, 1.54) is 11.3 Å². The Morgan fingerprint density at radius 3 is 3.00 bits per heavy atom. The van der Waals surface area contributed by atoms with Crippen molar-refractivity contribution in [1.82, 2.24) is 4.90 Å². The molecule has 0 spiro atoms. The average molecular weight is 237 g/mol. The number of amides is 1. The van der Waals surface area contributed by atoms with Crippen molar-refractivity contribution in [3.63, 3.8) is 0 Å². The second kappa shape index (κ2) is 6.19. The molecule has 0 bridgehead atoms. The topological polar surface area (TPSA) is 29.5 Å². The smallest absolute Gasteiger partial charge is 0.268 e. The highest BCUT2D eigenvalue weighted by Gasteiger charge is 2.19. The molecule has 3 nitrogen and oxygen atoms in total. The molecule has 0 aliphatic rings. The number of hydrogen-bond donors (Lipinski definition) is 0. The Hall–Kier alpha value is -1.47. The number of thiophene rings is 1. The second-order valence-electron chi connectivity index (χ2n) is 3.25. The number of terminal acetylenes is 1. The minimum absolute atomic E-state index is 0.0494. The Morgan fingerprint density at radius 1 is 1.69 bits per heavy atom. The molecule has 0 atom stereocenters. The van der Waals surface area contributed by atoms with Crippen molar-refractivity contribution >= 4 is 17.2 Å². The molecule has 0 saturated heterocycles. The third-order valence-corrected chi connectivity index (χ3v) is 2.99. The van der Waals surface area contributed by atoms with E-state index in [0.717, 1.165) is 6.42 Å². The number of nitrogens with zero attached hydrogens (tertiary/aromatic N) is 1. The van der Waals surface area contributed by atoms with Gasteiger partial charge in [-0.15, -0.1) is 17.8 Å². The van der Waals surface area contributed by atoms with E-state index in [4.69, 9.17) is 11.2 Å². The van der Waals surface area contributed by atoms with Crippen molar-refractivity contribution in [2.24, 2.45) is 0 Å². The van der Waals surface area contributed by atoms with Crippen LogP contribution in [0.15, 0.2) is 11.4 Å². The van der Waals surface area contributed by atoms with E-state index in [1.54, 1.807) is 18.1 Å². The maximum atomic E-state index is 12.1. The molecule has 1 heterocycles. The van der Waals surface area contributed by atoms with E-state index in [9.17, 15) is 4.79 Å². The lowest BCUT2D eigenvalue weighted by Crippen LogP contribution is -2.31. The van der Waals surface area contributed by atoms with Crippen LogP contribution >= 0.6 is 11.3 Å². The first-order valence-corrected chi connectivity index (χ1v) is 5.96. The predicted octanol–water partition coefficient (Wildman–Crippen LogP) is 2.24. The number of ether oxygens (including phenoxy) is 1. The lowest BCUT2D eigenvalue weighted by molar-refractivity contribution is 0.0778. The normalized spacial score (nSPS) is 9.56. The maximum absolute atomic E-state index is 12.1. The lowest BCUT2D eigenvalue weighted by Gasteiger charge is -2.18. The van der Waals surface area contributed by atoms with E-state index in [1.807, 2.05) is 12.3 Å². The van der Waals surface area contributed by atoms with Crippen molar-refractivity contribution in [1.29, 1.82) is 0 Å². The van der Waals surface area contributed by atoms with Gasteiger partial charge in [-0.1, -0.05) is 12.8 Å². The SMILES string of the molecule is C#CCN(CCC)C(=O)c1sccc1OC. The molecular formula is C12H15NO2S. The largest absolute Gasteiger partial charge is 0.495 e. The quantitative estimate of drug-likeness (QED) is 0.735. The van der Waals surface area contributed by atoms with Gasteiger partial charge in [-0.2, -0.15) is 0 Å². The molecule has 1 aromatic heterocycles. The molecule has 1 amide bonds. The molecule has 0 radical (unpaired) electrons. The van der Waals surface area contributed by atoms with Crippen LogP contribution in [0.2, 0.25) is 0 Å². The molecule has 0 unspecified atom stereocenters. The zero-order valence-corrected chi connectivity index (χ0v) is 10.3. The summed E-state index contributed by atoms with van der Waals surface area (Å²) in [7, 11) is 1.56. The van der Waals surface area contributed by atoms with Crippen molar-refractivity contribution in [3.8, 4) is 18.1 Å².